The highest BCUT2D eigenvalue weighted by Gasteiger charge is 2.16. The van der Waals surface area contributed by atoms with E-state index in [0.29, 0.717) is 18.0 Å². The second kappa shape index (κ2) is 9.31. The van der Waals surface area contributed by atoms with Crippen molar-refractivity contribution >= 4 is 17.5 Å². The van der Waals surface area contributed by atoms with Crippen LogP contribution < -0.4 is 10.1 Å². The lowest BCUT2D eigenvalue weighted by Crippen LogP contribution is -2.14. The van der Waals surface area contributed by atoms with E-state index >= 15 is 0 Å². The van der Waals surface area contributed by atoms with E-state index in [1.165, 1.54) is 0 Å². The molecule has 7 heteroatoms. The van der Waals surface area contributed by atoms with Gasteiger partial charge in [0.15, 0.2) is 5.78 Å². The number of pyridine rings is 1. The number of ketones is 1. The molecule has 0 aliphatic carbocycles. The van der Waals surface area contributed by atoms with Crippen LogP contribution in [0, 0.1) is 0 Å². The summed E-state index contributed by atoms with van der Waals surface area (Å²) in [7, 11) is 1.86. The van der Waals surface area contributed by atoms with Gasteiger partial charge >= 0.3 is 0 Å². The Balaban J connectivity index is 1.31. The minimum Gasteiger partial charge on any atom is -0.493 e. The molecule has 2 aromatic heterocycles. The normalized spacial score (nSPS) is 12.1. The third kappa shape index (κ3) is 4.73. The molecule has 5 rings (SSSR count). The van der Waals surface area contributed by atoms with E-state index in [0.717, 1.165) is 40.1 Å². The first-order valence-corrected chi connectivity index (χ1v) is 11.2. The van der Waals surface area contributed by atoms with Gasteiger partial charge in [-0.2, -0.15) is 5.10 Å². The van der Waals surface area contributed by atoms with Gasteiger partial charge in [-0.25, -0.2) is 4.98 Å². The zero-order chi connectivity index (χ0) is 23.5. The van der Waals surface area contributed by atoms with E-state index in [2.05, 4.69) is 15.4 Å². The molecule has 0 spiro atoms. The van der Waals surface area contributed by atoms with Crippen molar-refractivity contribution in [3.63, 3.8) is 0 Å². The number of hydrogen-bond donors (Lipinski definition) is 1. The molecule has 1 aliphatic rings. The zero-order valence-electron chi connectivity index (χ0n) is 18.8. The number of hydrogen-bond acceptors (Lipinski definition) is 5. The van der Waals surface area contributed by atoms with Crippen molar-refractivity contribution in [3.05, 3.63) is 84.2 Å². The fourth-order valence-corrected chi connectivity index (χ4v) is 4.03. The predicted molar refractivity (Wildman–Crippen MR) is 130 cm³/mol. The third-order valence-corrected chi connectivity index (χ3v) is 5.79. The minimum absolute atomic E-state index is 0.0631. The molecule has 0 bridgehead atoms. The Bertz CT molecular complexity index is 1360. The summed E-state index contributed by atoms with van der Waals surface area (Å²) in [5.74, 6) is 0.954. The van der Waals surface area contributed by atoms with Crippen LogP contribution in [0.3, 0.4) is 0 Å². The van der Waals surface area contributed by atoms with E-state index in [9.17, 15) is 9.59 Å². The van der Waals surface area contributed by atoms with Crippen LogP contribution in [0.5, 0.6) is 5.75 Å². The molecule has 4 aromatic rings. The number of carbonyl (C=O) groups excluding carboxylic acids is 2. The molecule has 1 aliphatic heterocycles. The molecule has 1 N–H and O–H groups in total. The predicted octanol–water partition coefficient (Wildman–Crippen LogP) is 4.69. The molecule has 34 heavy (non-hydrogen) atoms. The highest BCUT2D eigenvalue weighted by molar-refractivity contribution is 6.00. The first-order valence-electron chi connectivity index (χ1n) is 11.2. The fourth-order valence-electron chi connectivity index (χ4n) is 4.03. The Morgan fingerprint density at radius 2 is 1.85 bits per heavy atom. The van der Waals surface area contributed by atoms with Gasteiger partial charge in [0.2, 0.25) is 5.91 Å². The van der Waals surface area contributed by atoms with Crippen LogP contribution in [0.2, 0.25) is 0 Å². The second-order valence-corrected chi connectivity index (χ2v) is 8.29. The number of amides is 1. The highest BCUT2D eigenvalue weighted by Crippen LogP contribution is 2.28. The summed E-state index contributed by atoms with van der Waals surface area (Å²) in [6.45, 7) is 0.644. The number of carbonyl (C=O) groups is 2. The summed E-state index contributed by atoms with van der Waals surface area (Å²) in [6.07, 6.45) is 4.69. The molecule has 0 atom stereocenters. The molecule has 2 aromatic carbocycles. The number of Topliss-reactive ketones (excluding diaryl/α,β-unsaturated/α-hetero) is 1. The fraction of sp³-hybridized carbons (Fsp3) is 0.185. The quantitative estimate of drug-likeness (QED) is 0.411. The lowest BCUT2D eigenvalue weighted by atomic mass is 10.0. The standard InChI is InChI=1S/C27H24N4O3/c1-31-17-22(16-28-31)21-14-23(18-5-3-2-4-6-18)29-26(15-21)30-27(33)10-8-24(32)19-7-9-25-20(13-19)11-12-34-25/h2-7,9,13-17H,8,10-12H2,1H3,(H,29,30,33). The van der Waals surface area contributed by atoms with Gasteiger partial charge in [0.05, 0.1) is 18.5 Å². The summed E-state index contributed by atoms with van der Waals surface area (Å²) in [5, 5.41) is 7.12. The van der Waals surface area contributed by atoms with Gasteiger partial charge in [-0.3, -0.25) is 14.3 Å². The Kier molecular flexibility index (Phi) is 5.91. The maximum atomic E-state index is 12.7. The van der Waals surface area contributed by atoms with Crippen molar-refractivity contribution in [1.82, 2.24) is 14.8 Å². The number of aromatic nitrogens is 3. The Labute approximate surface area is 197 Å². The molecule has 0 saturated carbocycles. The average Bonchev–Trinajstić information content (AvgIpc) is 3.51. The summed E-state index contributed by atoms with van der Waals surface area (Å²) < 4.78 is 7.22. The number of ether oxygens (including phenoxy) is 1. The van der Waals surface area contributed by atoms with Crippen LogP contribution in [-0.4, -0.2) is 33.1 Å². The van der Waals surface area contributed by atoms with Gasteiger partial charge in [0, 0.05) is 49.2 Å². The van der Waals surface area contributed by atoms with Crippen LogP contribution in [0.1, 0.15) is 28.8 Å². The first-order chi connectivity index (χ1) is 16.5. The van der Waals surface area contributed by atoms with Crippen LogP contribution in [0.25, 0.3) is 22.4 Å². The molecular weight excluding hydrogens is 428 g/mol. The number of aryl methyl sites for hydroxylation is 1. The number of rotatable bonds is 7. The van der Waals surface area contributed by atoms with Crippen molar-refractivity contribution in [3.8, 4) is 28.1 Å². The van der Waals surface area contributed by atoms with Gasteiger partial charge in [-0.1, -0.05) is 30.3 Å². The molecular formula is C27H24N4O3. The second-order valence-electron chi connectivity index (χ2n) is 8.29. The van der Waals surface area contributed by atoms with E-state index in [1.807, 2.05) is 67.8 Å². The Morgan fingerprint density at radius 1 is 1.00 bits per heavy atom. The van der Waals surface area contributed by atoms with Gasteiger partial charge < -0.3 is 10.1 Å². The molecule has 1 amide bonds. The third-order valence-electron chi connectivity index (χ3n) is 5.79. The highest BCUT2D eigenvalue weighted by atomic mass is 16.5. The van der Waals surface area contributed by atoms with E-state index in [1.54, 1.807) is 16.9 Å². The van der Waals surface area contributed by atoms with Crippen molar-refractivity contribution in [2.24, 2.45) is 7.05 Å². The number of anilines is 1. The Hall–Kier alpha value is -4.26. The SMILES string of the molecule is Cn1cc(-c2cc(NC(=O)CCC(=O)c3ccc4c(c3)CCO4)nc(-c3ccccc3)c2)cn1. The van der Waals surface area contributed by atoms with Crippen molar-refractivity contribution < 1.29 is 14.3 Å². The summed E-state index contributed by atoms with van der Waals surface area (Å²) in [6, 6.07) is 19.0. The first kappa shape index (κ1) is 21.6. The minimum atomic E-state index is -0.257. The largest absolute Gasteiger partial charge is 0.493 e. The Morgan fingerprint density at radius 3 is 2.65 bits per heavy atom. The molecule has 0 saturated heterocycles. The topological polar surface area (TPSA) is 86.1 Å². The van der Waals surface area contributed by atoms with Gasteiger partial charge in [0.1, 0.15) is 11.6 Å². The van der Waals surface area contributed by atoms with Crippen LogP contribution in [0.15, 0.2) is 73.1 Å². The molecule has 7 nitrogen and oxygen atoms in total. The van der Waals surface area contributed by atoms with Crippen molar-refractivity contribution in [1.29, 1.82) is 0 Å². The number of benzene rings is 2. The molecule has 0 fully saturated rings. The maximum Gasteiger partial charge on any atom is 0.225 e. The number of fused-ring (bicyclic) bond motifs is 1. The van der Waals surface area contributed by atoms with E-state index in [4.69, 9.17) is 4.74 Å². The van der Waals surface area contributed by atoms with Gasteiger partial charge in [0.25, 0.3) is 0 Å². The van der Waals surface area contributed by atoms with Crippen molar-refractivity contribution in [2.45, 2.75) is 19.3 Å². The monoisotopic (exact) mass is 452 g/mol. The number of nitrogens with zero attached hydrogens (tertiary/aromatic N) is 3. The molecule has 0 radical (unpaired) electrons. The zero-order valence-corrected chi connectivity index (χ0v) is 18.8. The smallest absolute Gasteiger partial charge is 0.225 e. The lowest BCUT2D eigenvalue weighted by molar-refractivity contribution is -0.116. The molecule has 0 unspecified atom stereocenters. The average molecular weight is 453 g/mol. The summed E-state index contributed by atoms with van der Waals surface area (Å²) in [4.78, 5) is 30.0. The summed E-state index contributed by atoms with van der Waals surface area (Å²) in [5.41, 5.74) is 5.16. The maximum absolute atomic E-state index is 12.7. The van der Waals surface area contributed by atoms with E-state index in [-0.39, 0.29) is 24.5 Å². The lowest BCUT2D eigenvalue weighted by Gasteiger charge is -2.10. The van der Waals surface area contributed by atoms with Gasteiger partial charge in [-0.15, -0.1) is 0 Å². The molecule has 170 valence electrons. The number of nitrogens with one attached hydrogen (secondary N) is 1. The van der Waals surface area contributed by atoms with Crippen LogP contribution >= 0.6 is 0 Å². The van der Waals surface area contributed by atoms with Crippen molar-refractivity contribution in [2.75, 3.05) is 11.9 Å². The summed E-state index contributed by atoms with van der Waals surface area (Å²) >= 11 is 0. The molecule has 3 heterocycles. The van der Waals surface area contributed by atoms with Gasteiger partial charge in [-0.05, 0) is 41.5 Å². The van der Waals surface area contributed by atoms with Crippen LogP contribution in [-0.2, 0) is 18.3 Å². The van der Waals surface area contributed by atoms with Crippen LogP contribution in [0.4, 0.5) is 5.82 Å². The van der Waals surface area contributed by atoms with E-state index < -0.39 is 0 Å².